The maximum Gasteiger partial charge on any atom is 0.306 e. The average molecular weight is 534 g/mol. The van der Waals surface area contributed by atoms with E-state index in [9.17, 15) is 10.0 Å². The zero-order valence-corrected chi connectivity index (χ0v) is 22.4. The summed E-state index contributed by atoms with van der Waals surface area (Å²) in [6.45, 7) is 3.85. The number of carbonyl (C=O) groups excluding carboxylic acids is 1. The maximum absolute atomic E-state index is 11.7. The highest BCUT2D eigenvalue weighted by molar-refractivity contribution is 5.69. The van der Waals surface area contributed by atoms with Crippen LogP contribution in [0.25, 0.3) is 0 Å². The van der Waals surface area contributed by atoms with Gasteiger partial charge >= 0.3 is 5.97 Å². The number of ether oxygens (including phenoxy) is 5. The molecule has 8 nitrogen and oxygen atoms in total. The number of rotatable bonds is 10. The van der Waals surface area contributed by atoms with Crippen molar-refractivity contribution >= 4 is 5.97 Å². The summed E-state index contributed by atoms with van der Waals surface area (Å²) in [5, 5.41) is 11.8. The van der Waals surface area contributed by atoms with Crippen LogP contribution in [0.3, 0.4) is 0 Å². The molecule has 206 valence electrons. The normalized spacial score (nSPS) is 24.0. The molecule has 2 aliphatic rings. The molecule has 0 aliphatic carbocycles. The Bertz CT molecular complexity index is 1120. The first kappa shape index (κ1) is 27.5. The number of hydrogen-bond donors (Lipinski definition) is 1. The van der Waals surface area contributed by atoms with Crippen LogP contribution in [0.5, 0.6) is 0 Å². The Morgan fingerprint density at radius 1 is 0.872 bits per heavy atom. The molecule has 0 amide bonds. The first-order chi connectivity index (χ1) is 18.8. The third-order valence-electron chi connectivity index (χ3n) is 7.20. The third kappa shape index (κ3) is 5.63. The minimum atomic E-state index is -0.931. The molecule has 4 atom stereocenters. The van der Waals surface area contributed by atoms with Crippen LogP contribution in [0.15, 0.2) is 91.0 Å². The van der Waals surface area contributed by atoms with Crippen LogP contribution in [-0.2, 0) is 34.1 Å². The highest BCUT2D eigenvalue weighted by Crippen LogP contribution is 2.43. The van der Waals surface area contributed by atoms with Crippen molar-refractivity contribution in [3.05, 3.63) is 108 Å². The summed E-state index contributed by atoms with van der Waals surface area (Å²) in [6.07, 6.45) is -2.44. The lowest BCUT2D eigenvalue weighted by Crippen LogP contribution is -2.43. The minimum Gasteiger partial charge on any atom is -0.469 e. The molecule has 0 saturated carbocycles. The second-order valence-corrected chi connectivity index (χ2v) is 10.2. The molecule has 1 N–H and O–H groups in total. The predicted octanol–water partition coefficient (Wildman–Crippen LogP) is 4.49. The van der Waals surface area contributed by atoms with Gasteiger partial charge in [-0.25, -0.2) is 0 Å². The molecule has 3 aromatic carbocycles. The molecule has 2 fully saturated rings. The van der Waals surface area contributed by atoms with Crippen LogP contribution < -0.4 is 0 Å². The van der Waals surface area contributed by atoms with Gasteiger partial charge in [-0.05, 0) is 30.5 Å². The molecule has 0 bridgehead atoms. The van der Waals surface area contributed by atoms with Crippen LogP contribution in [0.4, 0.5) is 0 Å². The summed E-state index contributed by atoms with van der Waals surface area (Å²) < 4.78 is 30.3. The van der Waals surface area contributed by atoms with Gasteiger partial charge in [0.2, 0.25) is 0 Å². The Kier molecular flexibility index (Phi) is 8.13. The number of benzene rings is 3. The van der Waals surface area contributed by atoms with E-state index in [1.165, 1.54) is 7.11 Å². The maximum atomic E-state index is 11.7. The van der Waals surface area contributed by atoms with E-state index in [4.69, 9.17) is 23.7 Å². The van der Waals surface area contributed by atoms with Gasteiger partial charge in [0.25, 0.3) is 0 Å². The zero-order chi connectivity index (χ0) is 27.5. The summed E-state index contributed by atoms with van der Waals surface area (Å²) in [7, 11) is 1.31. The van der Waals surface area contributed by atoms with Crippen molar-refractivity contribution in [2.45, 2.75) is 56.2 Å². The molecular formula is C31H35NO7. The van der Waals surface area contributed by atoms with E-state index < -0.39 is 41.9 Å². The molecule has 5 rings (SSSR count). The van der Waals surface area contributed by atoms with Crippen molar-refractivity contribution in [1.29, 1.82) is 0 Å². The van der Waals surface area contributed by atoms with E-state index in [1.807, 2.05) is 68.4 Å². The summed E-state index contributed by atoms with van der Waals surface area (Å²) in [5.41, 5.74) is 1.98. The standard InChI is InChI=1S/C31H35NO7/c1-30(2)38-27-25(37-29(28(27)39-30)32(34)20-19-26(33)35-3)21-36-31(22-13-7-4-8-14-22,23-15-9-5-10-16-23)24-17-11-6-12-18-24/h4-18,25,27-29,34H,19-21H2,1-3H3/t25-,27-,28-,29-/m1/s1. The number of carbonyl (C=O) groups is 1. The molecule has 39 heavy (non-hydrogen) atoms. The SMILES string of the molecule is COC(=O)CCN(O)[C@@H]1O[C@H](COC(c2ccccc2)(c2ccccc2)c2ccccc2)[C@H]2OC(C)(C)O[C@H]21. The van der Waals surface area contributed by atoms with Gasteiger partial charge in [0.15, 0.2) is 12.0 Å². The summed E-state index contributed by atoms with van der Waals surface area (Å²) in [6, 6.07) is 30.3. The van der Waals surface area contributed by atoms with Crippen LogP contribution in [-0.4, -0.2) is 66.8 Å². The van der Waals surface area contributed by atoms with E-state index in [-0.39, 0.29) is 19.6 Å². The quantitative estimate of drug-likeness (QED) is 0.232. The van der Waals surface area contributed by atoms with Crippen molar-refractivity contribution in [3.63, 3.8) is 0 Å². The lowest BCUT2D eigenvalue weighted by Gasteiger charge is -2.37. The Labute approximate surface area is 229 Å². The van der Waals surface area contributed by atoms with Crippen molar-refractivity contribution < 1.29 is 33.7 Å². The number of hydroxylamine groups is 2. The summed E-state index contributed by atoms with van der Waals surface area (Å²) >= 11 is 0. The molecule has 2 aliphatic heterocycles. The monoisotopic (exact) mass is 533 g/mol. The largest absolute Gasteiger partial charge is 0.469 e. The molecule has 3 aromatic rings. The van der Waals surface area contributed by atoms with Crippen LogP contribution >= 0.6 is 0 Å². The number of hydrogen-bond acceptors (Lipinski definition) is 8. The minimum absolute atomic E-state index is 0.00873. The second-order valence-electron chi connectivity index (χ2n) is 10.2. The first-order valence-electron chi connectivity index (χ1n) is 13.2. The summed E-state index contributed by atoms with van der Waals surface area (Å²) in [5.74, 6) is -1.29. The van der Waals surface area contributed by atoms with Gasteiger partial charge in [-0.1, -0.05) is 91.0 Å². The number of methoxy groups -OCH3 is 1. The highest BCUT2D eigenvalue weighted by Gasteiger charge is 2.57. The molecule has 0 spiro atoms. The van der Waals surface area contributed by atoms with Crippen molar-refractivity contribution in [1.82, 2.24) is 5.06 Å². The van der Waals surface area contributed by atoms with Gasteiger partial charge in [-0.2, -0.15) is 5.06 Å². The molecular weight excluding hydrogens is 498 g/mol. The number of esters is 1. The van der Waals surface area contributed by atoms with E-state index in [0.29, 0.717) is 0 Å². The molecule has 8 heteroatoms. The van der Waals surface area contributed by atoms with E-state index >= 15 is 0 Å². The summed E-state index contributed by atoms with van der Waals surface area (Å²) in [4.78, 5) is 11.7. The van der Waals surface area contributed by atoms with Crippen LogP contribution in [0.1, 0.15) is 37.0 Å². The molecule has 0 aromatic heterocycles. The van der Waals surface area contributed by atoms with Gasteiger partial charge in [0.1, 0.15) is 23.9 Å². The Hall–Kier alpha value is -3.11. The molecule has 0 radical (unpaired) electrons. The zero-order valence-electron chi connectivity index (χ0n) is 22.4. The predicted molar refractivity (Wildman–Crippen MR) is 143 cm³/mol. The Morgan fingerprint density at radius 3 is 1.85 bits per heavy atom. The van der Waals surface area contributed by atoms with Crippen molar-refractivity contribution in [2.75, 3.05) is 20.3 Å². The smallest absolute Gasteiger partial charge is 0.306 e. The number of nitrogens with zero attached hydrogens (tertiary/aromatic N) is 1. The van der Waals surface area contributed by atoms with Crippen molar-refractivity contribution in [2.24, 2.45) is 0 Å². The van der Waals surface area contributed by atoms with Gasteiger partial charge in [-0.15, -0.1) is 0 Å². The van der Waals surface area contributed by atoms with Crippen LogP contribution in [0, 0.1) is 0 Å². The van der Waals surface area contributed by atoms with Gasteiger partial charge in [0.05, 0.1) is 20.1 Å². The molecule has 0 unspecified atom stereocenters. The third-order valence-corrected chi connectivity index (χ3v) is 7.20. The Balaban J connectivity index is 1.47. The van der Waals surface area contributed by atoms with E-state index in [1.54, 1.807) is 0 Å². The molecule has 2 heterocycles. The Morgan fingerprint density at radius 2 is 1.36 bits per heavy atom. The fourth-order valence-corrected chi connectivity index (χ4v) is 5.44. The fraction of sp³-hybridized carbons (Fsp3) is 0.387. The topological polar surface area (TPSA) is 86.7 Å². The lowest BCUT2D eigenvalue weighted by atomic mass is 9.80. The second kappa shape index (κ2) is 11.6. The van der Waals surface area contributed by atoms with Crippen molar-refractivity contribution in [3.8, 4) is 0 Å². The highest BCUT2D eigenvalue weighted by atomic mass is 16.8. The van der Waals surface area contributed by atoms with Crippen LogP contribution in [0.2, 0.25) is 0 Å². The first-order valence-corrected chi connectivity index (χ1v) is 13.2. The lowest BCUT2D eigenvalue weighted by molar-refractivity contribution is -0.266. The average Bonchev–Trinajstić information content (AvgIpc) is 3.46. The van der Waals surface area contributed by atoms with Gasteiger partial charge in [0, 0.05) is 6.54 Å². The number of fused-ring (bicyclic) bond motifs is 1. The molecule has 2 saturated heterocycles. The van der Waals surface area contributed by atoms with E-state index in [0.717, 1.165) is 21.8 Å². The van der Waals surface area contributed by atoms with Gasteiger partial charge in [-0.3, -0.25) is 4.79 Å². The van der Waals surface area contributed by atoms with E-state index in [2.05, 4.69) is 36.4 Å². The fourth-order valence-electron chi connectivity index (χ4n) is 5.44. The van der Waals surface area contributed by atoms with Gasteiger partial charge < -0.3 is 28.9 Å².